The van der Waals surface area contributed by atoms with Crippen molar-refractivity contribution in [2.24, 2.45) is 5.10 Å². The third-order valence-corrected chi connectivity index (χ3v) is 3.75. The van der Waals surface area contributed by atoms with Crippen molar-refractivity contribution in [2.75, 3.05) is 5.32 Å². The fourth-order valence-corrected chi connectivity index (χ4v) is 2.32. The van der Waals surface area contributed by atoms with Crippen molar-refractivity contribution in [3.8, 4) is 5.75 Å². The highest BCUT2D eigenvalue weighted by Crippen LogP contribution is 2.13. The zero-order chi connectivity index (χ0) is 19.1. The lowest BCUT2D eigenvalue weighted by Gasteiger charge is -2.06. The second-order valence-corrected chi connectivity index (χ2v) is 5.66. The number of phenolic OH excluding ortho intramolecular Hbond substituents is 1. The van der Waals surface area contributed by atoms with Gasteiger partial charge in [0, 0.05) is 22.4 Å². The average molecular weight is 359 g/mol. The molecule has 3 rings (SSSR count). The number of carbonyl (C=O) groups is 2. The van der Waals surface area contributed by atoms with Gasteiger partial charge in [0.2, 0.25) is 0 Å². The zero-order valence-corrected chi connectivity index (χ0v) is 14.3. The number of nitrogens with zero attached hydrogens (tertiary/aromatic N) is 1. The molecule has 3 N–H and O–H groups in total. The van der Waals surface area contributed by atoms with Gasteiger partial charge in [0.25, 0.3) is 11.8 Å². The van der Waals surface area contributed by atoms with Gasteiger partial charge in [-0.1, -0.05) is 30.3 Å². The Morgan fingerprint density at radius 2 is 1.41 bits per heavy atom. The molecule has 0 spiro atoms. The number of nitrogens with one attached hydrogen (secondary N) is 2. The summed E-state index contributed by atoms with van der Waals surface area (Å²) in [4.78, 5) is 24.2. The molecule has 3 aromatic rings. The summed E-state index contributed by atoms with van der Waals surface area (Å²) in [5.41, 5.74) is 4.42. The van der Waals surface area contributed by atoms with Crippen LogP contribution in [0.1, 0.15) is 26.3 Å². The first kappa shape index (κ1) is 17.9. The van der Waals surface area contributed by atoms with Gasteiger partial charge in [-0.3, -0.25) is 9.59 Å². The van der Waals surface area contributed by atoms with E-state index in [4.69, 9.17) is 0 Å². The molecule has 0 radical (unpaired) electrons. The maximum Gasteiger partial charge on any atom is 0.271 e. The Morgan fingerprint density at radius 1 is 0.778 bits per heavy atom. The van der Waals surface area contributed by atoms with Crippen LogP contribution in [0.5, 0.6) is 5.75 Å². The lowest BCUT2D eigenvalue weighted by Crippen LogP contribution is -2.17. The van der Waals surface area contributed by atoms with Gasteiger partial charge in [-0.15, -0.1) is 0 Å². The highest BCUT2D eigenvalue weighted by molar-refractivity contribution is 6.04. The summed E-state index contributed by atoms with van der Waals surface area (Å²) in [6.45, 7) is 0. The molecule has 27 heavy (non-hydrogen) atoms. The standard InChI is InChI=1S/C21H17N3O3/c25-19-9-5-4-8-17(19)14-22-24-21(27)16-10-12-18(13-11-16)23-20(26)15-6-2-1-3-7-15/h1-14,25H,(H,23,26)(H,24,27)/b22-14-. The van der Waals surface area contributed by atoms with Crippen molar-refractivity contribution < 1.29 is 14.7 Å². The Labute approximate surface area is 156 Å². The van der Waals surface area contributed by atoms with E-state index in [1.54, 1.807) is 66.7 Å². The van der Waals surface area contributed by atoms with Gasteiger partial charge in [-0.2, -0.15) is 5.10 Å². The molecule has 0 aliphatic heterocycles. The number of aromatic hydroxyl groups is 1. The van der Waals surface area contributed by atoms with Crippen molar-refractivity contribution in [2.45, 2.75) is 0 Å². The minimum absolute atomic E-state index is 0.0778. The molecular formula is C21H17N3O3. The number of hydrogen-bond acceptors (Lipinski definition) is 4. The zero-order valence-electron chi connectivity index (χ0n) is 14.3. The summed E-state index contributed by atoms with van der Waals surface area (Å²) in [6, 6.07) is 22.0. The molecule has 3 aromatic carbocycles. The Balaban J connectivity index is 1.59. The Morgan fingerprint density at radius 3 is 2.11 bits per heavy atom. The highest BCUT2D eigenvalue weighted by atomic mass is 16.3. The molecule has 0 aliphatic rings. The maximum atomic E-state index is 12.1. The number of phenols is 1. The largest absolute Gasteiger partial charge is 0.507 e. The topological polar surface area (TPSA) is 90.8 Å². The number of hydrazone groups is 1. The van der Waals surface area contributed by atoms with E-state index in [2.05, 4.69) is 15.8 Å². The predicted octanol–water partition coefficient (Wildman–Crippen LogP) is 3.41. The van der Waals surface area contributed by atoms with Crippen LogP contribution in [-0.4, -0.2) is 23.1 Å². The molecule has 0 unspecified atom stereocenters. The smallest absolute Gasteiger partial charge is 0.271 e. The average Bonchev–Trinajstić information content (AvgIpc) is 2.70. The van der Waals surface area contributed by atoms with Crippen LogP contribution >= 0.6 is 0 Å². The summed E-state index contributed by atoms with van der Waals surface area (Å²) in [7, 11) is 0. The van der Waals surface area contributed by atoms with Crippen molar-refractivity contribution in [3.05, 3.63) is 95.6 Å². The minimum atomic E-state index is -0.400. The molecule has 134 valence electrons. The molecular weight excluding hydrogens is 342 g/mol. The van der Waals surface area contributed by atoms with E-state index in [9.17, 15) is 14.7 Å². The van der Waals surface area contributed by atoms with Crippen molar-refractivity contribution in [1.29, 1.82) is 0 Å². The van der Waals surface area contributed by atoms with E-state index in [1.165, 1.54) is 12.3 Å². The van der Waals surface area contributed by atoms with E-state index in [1.807, 2.05) is 6.07 Å². The van der Waals surface area contributed by atoms with Crippen molar-refractivity contribution in [3.63, 3.8) is 0 Å². The van der Waals surface area contributed by atoms with Crippen LogP contribution in [-0.2, 0) is 0 Å². The molecule has 2 amide bonds. The maximum absolute atomic E-state index is 12.1. The minimum Gasteiger partial charge on any atom is -0.507 e. The number of para-hydroxylation sites is 1. The highest BCUT2D eigenvalue weighted by Gasteiger charge is 2.07. The summed E-state index contributed by atoms with van der Waals surface area (Å²) in [5, 5.41) is 16.2. The molecule has 0 bridgehead atoms. The van der Waals surface area contributed by atoms with Crippen LogP contribution < -0.4 is 10.7 Å². The van der Waals surface area contributed by atoms with Crippen LogP contribution in [0.25, 0.3) is 0 Å². The molecule has 0 atom stereocenters. The number of carbonyl (C=O) groups excluding carboxylic acids is 2. The molecule has 0 heterocycles. The fourth-order valence-electron chi connectivity index (χ4n) is 2.32. The van der Waals surface area contributed by atoms with E-state index in [-0.39, 0.29) is 11.7 Å². The first-order valence-corrected chi connectivity index (χ1v) is 8.21. The molecule has 0 saturated heterocycles. The van der Waals surface area contributed by atoms with Crippen LogP contribution in [0.15, 0.2) is 84.0 Å². The van der Waals surface area contributed by atoms with Gasteiger partial charge in [0.05, 0.1) is 6.21 Å². The molecule has 0 saturated carbocycles. The number of anilines is 1. The third kappa shape index (κ3) is 4.79. The quantitative estimate of drug-likeness (QED) is 0.482. The van der Waals surface area contributed by atoms with Crippen LogP contribution in [0.2, 0.25) is 0 Å². The Bertz CT molecular complexity index is 967. The van der Waals surface area contributed by atoms with Gasteiger partial charge in [0.1, 0.15) is 5.75 Å². The molecule has 0 aromatic heterocycles. The molecule has 0 aliphatic carbocycles. The molecule has 6 heteroatoms. The number of amides is 2. The summed E-state index contributed by atoms with van der Waals surface area (Å²) in [5.74, 6) is -0.545. The lowest BCUT2D eigenvalue weighted by molar-refractivity contribution is 0.0954. The monoisotopic (exact) mass is 359 g/mol. The Hall–Kier alpha value is -3.93. The first-order valence-electron chi connectivity index (χ1n) is 8.21. The molecule has 0 fully saturated rings. The Kier molecular flexibility index (Phi) is 5.59. The van der Waals surface area contributed by atoms with Gasteiger partial charge in [0.15, 0.2) is 0 Å². The number of rotatable bonds is 5. The van der Waals surface area contributed by atoms with Crippen LogP contribution in [0.3, 0.4) is 0 Å². The normalized spacial score (nSPS) is 10.5. The van der Waals surface area contributed by atoms with Crippen LogP contribution in [0.4, 0.5) is 5.69 Å². The summed E-state index contributed by atoms with van der Waals surface area (Å²) < 4.78 is 0. The number of hydrogen-bond donors (Lipinski definition) is 3. The van der Waals surface area contributed by atoms with E-state index >= 15 is 0 Å². The summed E-state index contributed by atoms with van der Waals surface area (Å²) >= 11 is 0. The fraction of sp³-hybridized carbons (Fsp3) is 0. The van der Waals surface area contributed by atoms with E-state index in [0.717, 1.165) is 0 Å². The van der Waals surface area contributed by atoms with Crippen LogP contribution in [0, 0.1) is 0 Å². The first-order chi connectivity index (χ1) is 13.1. The van der Waals surface area contributed by atoms with Crippen molar-refractivity contribution in [1.82, 2.24) is 5.43 Å². The molecule has 6 nitrogen and oxygen atoms in total. The van der Waals surface area contributed by atoms with Gasteiger partial charge in [-0.25, -0.2) is 5.43 Å². The lowest BCUT2D eigenvalue weighted by atomic mass is 10.1. The van der Waals surface area contributed by atoms with E-state index in [0.29, 0.717) is 22.4 Å². The third-order valence-electron chi connectivity index (χ3n) is 3.75. The van der Waals surface area contributed by atoms with Crippen molar-refractivity contribution >= 4 is 23.7 Å². The van der Waals surface area contributed by atoms with Gasteiger partial charge < -0.3 is 10.4 Å². The van der Waals surface area contributed by atoms with E-state index < -0.39 is 5.91 Å². The SMILES string of the molecule is O=C(N/N=C\c1ccccc1O)c1ccc(NC(=O)c2ccccc2)cc1. The second-order valence-electron chi connectivity index (χ2n) is 5.66. The van der Waals surface area contributed by atoms with Gasteiger partial charge in [-0.05, 0) is 48.5 Å². The second kappa shape index (κ2) is 8.44. The van der Waals surface area contributed by atoms with Gasteiger partial charge >= 0.3 is 0 Å². The number of benzene rings is 3. The summed E-state index contributed by atoms with van der Waals surface area (Å²) in [6.07, 6.45) is 1.36. The predicted molar refractivity (Wildman–Crippen MR) is 104 cm³/mol.